The summed E-state index contributed by atoms with van der Waals surface area (Å²) in [5, 5.41) is 9.16. The van der Waals surface area contributed by atoms with Crippen LogP contribution < -0.4 is 4.72 Å². The van der Waals surface area contributed by atoms with Crippen LogP contribution in [0, 0.1) is 12.3 Å². The third-order valence-corrected chi connectivity index (χ3v) is 5.38. The van der Waals surface area contributed by atoms with E-state index in [0.29, 0.717) is 6.54 Å². The van der Waals surface area contributed by atoms with Gasteiger partial charge in [-0.05, 0) is 42.9 Å². The highest BCUT2D eigenvalue weighted by molar-refractivity contribution is 7.89. The largest absolute Gasteiger partial charge is 0.478 e. The van der Waals surface area contributed by atoms with E-state index in [1.54, 1.807) is 0 Å². The molecule has 2 rings (SSSR count). The van der Waals surface area contributed by atoms with Crippen molar-refractivity contribution in [2.24, 2.45) is 5.41 Å². The van der Waals surface area contributed by atoms with Crippen LogP contribution >= 0.6 is 11.6 Å². The molecule has 2 N–H and O–H groups in total. The molecule has 1 saturated carbocycles. The van der Waals surface area contributed by atoms with E-state index in [9.17, 15) is 13.2 Å². The second-order valence-electron chi connectivity index (χ2n) is 5.52. The molecule has 7 heteroatoms. The normalized spacial score (nSPS) is 16.9. The van der Waals surface area contributed by atoms with Crippen molar-refractivity contribution < 1.29 is 18.3 Å². The lowest BCUT2D eigenvalue weighted by atomic mass is 10.1. The quantitative estimate of drug-likeness (QED) is 0.873. The van der Waals surface area contributed by atoms with E-state index in [2.05, 4.69) is 4.72 Å². The molecule has 0 amide bonds. The zero-order valence-corrected chi connectivity index (χ0v) is 12.8. The number of carboxylic acid groups (broad SMARTS) is 1. The van der Waals surface area contributed by atoms with Crippen LogP contribution in [0.2, 0.25) is 5.02 Å². The number of halogens is 1. The van der Waals surface area contributed by atoms with Gasteiger partial charge in [-0.1, -0.05) is 18.5 Å². The minimum Gasteiger partial charge on any atom is -0.478 e. The first-order chi connectivity index (χ1) is 9.15. The molecule has 1 aromatic carbocycles. The first-order valence-electron chi connectivity index (χ1n) is 6.18. The highest BCUT2D eigenvalue weighted by atomic mass is 35.5. The summed E-state index contributed by atoms with van der Waals surface area (Å²) in [7, 11) is -3.76. The highest BCUT2D eigenvalue weighted by Gasteiger charge is 2.38. The predicted octanol–water partition coefficient (Wildman–Crippen LogP) is 2.43. The summed E-state index contributed by atoms with van der Waals surface area (Å²) in [4.78, 5) is 11.0. The van der Waals surface area contributed by atoms with Crippen LogP contribution in [0.5, 0.6) is 0 Å². The van der Waals surface area contributed by atoms with Crippen molar-refractivity contribution in [3.8, 4) is 0 Å². The van der Waals surface area contributed by atoms with E-state index in [1.165, 1.54) is 19.1 Å². The van der Waals surface area contributed by atoms with Gasteiger partial charge in [0, 0.05) is 11.6 Å². The molecule has 0 heterocycles. The summed E-state index contributed by atoms with van der Waals surface area (Å²) >= 11 is 5.82. The van der Waals surface area contributed by atoms with E-state index in [4.69, 9.17) is 16.7 Å². The SMILES string of the molecule is Cc1c(C(=O)O)cc(Cl)cc1S(=O)(=O)NCC1(C)CC1. The number of carbonyl (C=O) groups is 1. The van der Waals surface area contributed by atoms with Crippen LogP contribution in [0.1, 0.15) is 35.7 Å². The lowest BCUT2D eigenvalue weighted by Gasteiger charge is -2.14. The van der Waals surface area contributed by atoms with Gasteiger partial charge in [0.1, 0.15) is 0 Å². The van der Waals surface area contributed by atoms with Crippen molar-refractivity contribution in [1.82, 2.24) is 4.72 Å². The molecule has 0 unspecified atom stereocenters. The third-order valence-electron chi connectivity index (χ3n) is 3.64. The molecular formula is C13H16ClNO4S. The van der Waals surface area contributed by atoms with E-state index in [1.807, 2.05) is 6.92 Å². The van der Waals surface area contributed by atoms with Crippen LogP contribution in [-0.2, 0) is 10.0 Å². The molecule has 0 aliphatic heterocycles. The van der Waals surface area contributed by atoms with E-state index < -0.39 is 16.0 Å². The van der Waals surface area contributed by atoms with Crippen LogP contribution in [0.3, 0.4) is 0 Å². The van der Waals surface area contributed by atoms with Gasteiger partial charge in [0.2, 0.25) is 10.0 Å². The van der Waals surface area contributed by atoms with Crippen molar-refractivity contribution in [1.29, 1.82) is 0 Å². The maximum Gasteiger partial charge on any atom is 0.336 e. The molecule has 1 aliphatic carbocycles. The number of sulfonamides is 1. The number of hydrogen-bond acceptors (Lipinski definition) is 3. The monoisotopic (exact) mass is 317 g/mol. The first-order valence-corrected chi connectivity index (χ1v) is 8.04. The molecular weight excluding hydrogens is 302 g/mol. The Balaban J connectivity index is 2.37. The maximum atomic E-state index is 12.3. The molecule has 20 heavy (non-hydrogen) atoms. The molecule has 5 nitrogen and oxygen atoms in total. The highest BCUT2D eigenvalue weighted by Crippen LogP contribution is 2.44. The molecule has 110 valence electrons. The minimum absolute atomic E-state index is 0.0230. The van der Waals surface area contributed by atoms with Gasteiger partial charge in [0.05, 0.1) is 10.5 Å². The Bertz CT molecular complexity index is 665. The van der Waals surface area contributed by atoms with Gasteiger partial charge in [-0.25, -0.2) is 17.9 Å². The van der Waals surface area contributed by atoms with Gasteiger partial charge >= 0.3 is 5.97 Å². The maximum absolute atomic E-state index is 12.3. The van der Waals surface area contributed by atoms with Crippen LogP contribution in [-0.4, -0.2) is 26.0 Å². The third kappa shape index (κ3) is 3.13. The van der Waals surface area contributed by atoms with Gasteiger partial charge < -0.3 is 5.11 Å². The van der Waals surface area contributed by atoms with Crippen molar-refractivity contribution in [2.75, 3.05) is 6.54 Å². The number of carboxylic acids is 1. The summed E-state index contributed by atoms with van der Waals surface area (Å²) in [5.74, 6) is -1.20. The Hall–Kier alpha value is -1.11. The standard InChI is InChI=1S/C13H16ClNO4S/c1-8-10(12(16)17)5-9(14)6-11(8)20(18,19)15-7-13(2)3-4-13/h5-6,15H,3-4,7H2,1-2H3,(H,16,17). The Morgan fingerprint density at radius 3 is 2.55 bits per heavy atom. The van der Waals surface area contributed by atoms with Gasteiger partial charge in [0.15, 0.2) is 0 Å². The van der Waals surface area contributed by atoms with Crippen LogP contribution in [0.25, 0.3) is 0 Å². The number of aromatic carboxylic acids is 1. The Labute approximate surface area is 123 Å². The fourth-order valence-electron chi connectivity index (χ4n) is 1.89. The molecule has 1 aromatic rings. The summed E-state index contributed by atoms with van der Waals surface area (Å²) in [6.07, 6.45) is 1.98. The van der Waals surface area contributed by atoms with Crippen LogP contribution in [0.4, 0.5) is 0 Å². The zero-order valence-electron chi connectivity index (χ0n) is 11.2. The average molecular weight is 318 g/mol. The van der Waals surface area contributed by atoms with Crippen LogP contribution in [0.15, 0.2) is 17.0 Å². The van der Waals surface area contributed by atoms with E-state index >= 15 is 0 Å². The predicted molar refractivity (Wildman–Crippen MR) is 75.7 cm³/mol. The number of hydrogen-bond donors (Lipinski definition) is 2. The number of rotatable bonds is 5. The first kappa shape index (κ1) is 15.3. The average Bonchev–Trinajstić information content (AvgIpc) is 3.08. The molecule has 0 bridgehead atoms. The summed E-state index contributed by atoms with van der Waals surface area (Å²) in [5.41, 5.74) is 0.112. The van der Waals surface area contributed by atoms with Gasteiger partial charge in [-0.2, -0.15) is 0 Å². The summed E-state index contributed by atoms with van der Waals surface area (Å²) in [6.45, 7) is 3.82. The zero-order chi connectivity index (χ0) is 15.1. The molecule has 1 fully saturated rings. The minimum atomic E-state index is -3.76. The van der Waals surface area contributed by atoms with Crippen molar-refractivity contribution in [3.63, 3.8) is 0 Å². The lowest BCUT2D eigenvalue weighted by Crippen LogP contribution is -2.30. The second-order valence-corrected chi connectivity index (χ2v) is 7.69. The molecule has 0 atom stereocenters. The number of nitrogens with one attached hydrogen (secondary N) is 1. The second kappa shape index (κ2) is 5.02. The van der Waals surface area contributed by atoms with Crippen molar-refractivity contribution >= 4 is 27.6 Å². The Morgan fingerprint density at radius 2 is 2.05 bits per heavy atom. The molecule has 1 aliphatic rings. The van der Waals surface area contributed by atoms with E-state index in [-0.39, 0.29) is 26.5 Å². The molecule has 0 radical (unpaired) electrons. The molecule has 0 aromatic heterocycles. The fourth-order valence-corrected chi connectivity index (χ4v) is 3.66. The lowest BCUT2D eigenvalue weighted by molar-refractivity contribution is 0.0696. The Morgan fingerprint density at radius 1 is 1.45 bits per heavy atom. The number of benzene rings is 1. The molecule has 0 saturated heterocycles. The van der Waals surface area contributed by atoms with Gasteiger partial charge in [0.25, 0.3) is 0 Å². The molecule has 0 spiro atoms. The fraction of sp³-hybridized carbons (Fsp3) is 0.462. The van der Waals surface area contributed by atoms with Gasteiger partial charge in [-0.3, -0.25) is 0 Å². The van der Waals surface area contributed by atoms with Crippen molar-refractivity contribution in [2.45, 2.75) is 31.6 Å². The Kier molecular flexibility index (Phi) is 3.83. The van der Waals surface area contributed by atoms with E-state index in [0.717, 1.165) is 12.8 Å². The smallest absolute Gasteiger partial charge is 0.336 e. The van der Waals surface area contributed by atoms with Gasteiger partial charge in [-0.15, -0.1) is 0 Å². The van der Waals surface area contributed by atoms with Crippen molar-refractivity contribution in [3.05, 3.63) is 28.3 Å². The topological polar surface area (TPSA) is 83.5 Å². The summed E-state index contributed by atoms with van der Waals surface area (Å²) in [6, 6.07) is 2.53. The summed E-state index contributed by atoms with van der Waals surface area (Å²) < 4.78 is 27.1.